The van der Waals surface area contributed by atoms with Crippen molar-refractivity contribution in [1.82, 2.24) is 0 Å². The van der Waals surface area contributed by atoms with Crippen LogP contribution < -0.4 is 10.5 Å². The highest BCUT2D eigenvalue weighted by Gasteiger charge is 2.21. The fourth-order valence-corrected chi connectivity index (χ4v) is 1.57. The largest absolute Gasteiger partial charge is 0.489 e. The van der Waals surface area contributed by atoms with Gasteiger partial charge in [0.15, 0.2) is 11.6 Å². The maximum atomic E-state index is 13.3. The van der Waals surface area contributed by atoms with Gasteiger partial charge < -0.3 is 10.5 Å². The van der Waals surface area contributed by atoms with E-state index in [-0.39, 0.29) is 16.8 Å². The molecular formula is C9H9ClFNO. The van der Waals surface area contributed by atoms with Crippen LogP contribution in [0.4, 0.5) is 4.39 Å². The van der Waals surface area contributed by atoms with E-state index in [1.807, 2.05) is 0 Å². The minimum absolute atomic E-state index is 0.0481. The molecule has 0 saturated carbocycles. The van der Waals surface area contributed by atoms with E-state index in [0.29, 0.717) is 13.0 Å². The molecular weight excluding hydrogens is 193 g/mol. The van der Waals surface area contributed by atoms with Crippen LogP contribution in [0.15, 0.2) is 12.1 Å². The second-order valence-electron chi connectivity index (χ2n) is 3.12. The molecule has 4 heteroatoms. The van der Waals surface area contributed by atoms with E-state index in [0.717, 1.165) is 5.56 Å². The zero-order chi connectivity index (χ0) is 9.42. The van der Waals surface area contributed by atoms with Crippen LogP contribution >= 0.6 is 11.6 Å². The van der Waals surface area contributed by atoms with Crippen LogP contribution in [0.3, 0.4) is 0 Å². The first kappa shape index (κ1) is 8.78. The average Bonchev–Trinajstić information content (AvgIpc) is 2.12. The van der Waals surface area contributed by atoms with E-state index in [1.165, 1.54) is 6.07 Å². The number of hydrogen-bond donors (Lipinski definition) is 1. The van der Waals surface area contributed by atoms with Crippen molar-refractivity contribution in [1.29, 1.82) is 0 Å². The first-order chi connectivity index (χ1) is 6.18. The Hall–Kier alpha value is -0.800. The van der Waals surface area contributed by atoms with Crippen molar-refractivity contribution in [2.75, 3.05) is 6.61 Å². The van der Waals surface area contributed by atoms with Crippen molar-refractivity contribution >= 4 is 11.6 Å². The minimum atomic E-state index is -0.480. The lowest BCUT2D eigenvalue weighted by Crippen LogP contribution is -2.34. The maximum absolute atomic E-state index is 13.3. The second kappa shape index (κ2) is 3.16. The number of ether oxygens (including phenoxy) is 1. The first-order valence-corrected chi connectivity index (χ1v) is 4.41. The molecule has 0 aliphatic carbocycles. The smallest absolute Gasteiger partial charge is 0.183 e. The van der Waals surface area contributed by atoms with E-state index in [1.54, 1.807) is 6.07 Å². The van der Waals surface area contributed by atoms with Gasteiger partial charge in [0.1, 0.15) is 6.61 Å². The van der Waals surface area contributed by atoms with E-state index in [2.05, 4.69) is 0 Å². The van der Waals surface area contributed by atoms with Gasteiger partial charge in [-0.25, -0.2) is 4.39 Å². The van der Waals surface area contributed by atoms with Crippen LogP contribution in [-0.2, 0) is 6.42 Å². The molecule has 1 atom stereocenters. The lowest BCUT2D eigenvalue weighted by atomic mass is 10.0. The molecule has 2 nitrogen and oxygen atoms in total. The van der Waals surface area contributed by atoms with Crippen LogP contribution in [0.1, 0.15) is 5.56 Å². The van der Waals surface area contributed by atoms with Gasteiger partial charge in [-0.15, -0.1) is 0 Å². The highest BCUT2D eigenvalue weighted by molar-refractivity contribution is 6.30. The third-order valence-corrected chi connectivity index (χ3v) is 2.35. The average molecular weight is 202 g/mol. The Kier molecular flexibility index (Phi) is 2.14. The summed E-state index contributed by atoms with van der Waals surface area (Å²) in [6.45, 7) is 0.351. The zero-order valence-corrected chi connectivity index (χ0v) is 7.64. The summed E-state index contributed by atoms with van der Waals surface area (Å²) in [6, 6.07) is 3.23. The van der Waals surface area contributed by atoms with E-state index in [4.69, 9.17) is 22.1 Å². The molecule has 1 aliphatic heterocycles. The molecule has 13 heavy (non-hydrogen) atoms. The van der Waals surface area contributed by atoms with Gasteiger partial charge in [-0.3, -0.25) is 0 Å². The topological polar surface area (TPSA) is 35.2 Å². The Morgan fingerprint density at radius 1 is 1.54 bits per heavy atom. The highest BCUT2D eigenvalue weighted by atomic mass is 35.5. The third-order valence-electron chi connectivity index (χ3n) is 2.06. The van der Waals surface area contributed by atoms with Crippen molar-refractivity contribution < 1.29 is 9.13 Å². The summed E-state index contributed by atoms with van der Waals surface area (Å²) in [6.07, 6.45) is 0.642. The normalized spacial score (nSPS) is 20.7. The number of halogens is 2. The SMILES string of the molecule is NC1COc2c(ccc(Cl)c2F)C1. The van der Waals surface area contributed by atoms with E-state index in [9.17, 15) is 4.39 Å². The molecule has 0 spiro atoms. The number of fused-ring (bicyclic) bond motifs is 1. The van der Waals surface area contributed by atoms with E-state index >= 15 is 0 Å². The summed E-state index contributed by atoms with van der Waals surface area (Å²) in [5, 5.41) is 0.0919. The Balaban J connectivity index is 2.47. The van der Waals surface area contributed by atoms with Gasteiger partial charge in [0, 0.05) is 6.04 Å². The molecule has 0 bridgehead atoms. The zero-order valence-electron chi connectivity index (χ0n) is 6.89. The molecule has 0 fully saturated rings. The van der Waals surface area contributed by atoms with Gasteiger partial charge in [0.25, 0.3) is 0 Å². The fourth-order valence-electron chi connectivity index (χ4n) is 1.42. The van der Waals surface area contributed by atoms with Crippen LogP contribution in [-0.4, -0.2) is 12.6 Å². The number of nitrogens with two attached hydrogens (primary N) is 1. The van der Waals surface area contributed by atoms with Crippen molar-refractivity contribution in [2.24, 2.45) is 5.73 Å². The molecule has 70 valence electrons. The molecule has 2 N–H and O–H groups in total. The fraction of sp³-hybridized carbons (Fsp3) is 0.333. The summed E-state index contributed by atoms with van der Waals surface area (Å²) < 4.78 is 18.5. The van der Waals surface area contributed by atoms with Gasteiger partial charge in [-0.05, 0) is 18.1 Å². The predicted molar refractivity (Wildman–Crippen MR) is 48.6 cm³/mol. The first-order valence-electron chi connectivity index (χ1n) is 4.03. The summed E-state index contributed by atoms with van der Waals surface area (Å²) in [5.41, 5.74) is 6.45. The summed E-state index contributed by atoms with van der Waals surface area (Å²) in [7, 11) is 0. The number of rotatable bonds is 0. The van der Waals surface area contributed by atoms with Crippen molar-refractivity contribution in [3.63, 3.8) is 0 Å². The molecule has 1 aromatic carbocycles. The Morgan fingerprint density at radius 3 is 3.08 bits per heavy atom. The molecule has 2 rings (SSSR count). The molecule has 1 heterocycles. The second-order valence-corrected chi connectivity index (χ2v) is 3.53. The van der Waals surface area contributed by atoms with Gasteiger partial charge in [0.05, 0.1) is 5.02 Å². The van der Waals surface area contributed by atoms with Gasteiger partial charge in [-0.1, -0.05) is 17.7 Å². The predicted octanol–water partition coefficient (Wildman–Crippen LogP) is 1.74. The molecule has 0 aromatic heterocycles. The molecule has 1 aromatic rings. The van der Waals surface area contributed by atoms with Crippen molar-refractivity contribution in [2.45, 2.75) is 12.5 Å². The Morgan fingerprint density at radius 2 is 2.31 bits per heavy atom. The summed E-state index contributed by atoms with van der Waals surface area (Å²) >= 11 is 5.60. The lowest BCUT2D eigenvalue weighted by Gasteiger charge is -2.22. The third kappa shape index (κ3) is 1.49. The Labute approximate surface area is 80.4 Å². The van der Waals surface area contributed by atoms with Crippen LogP contribution in [0, 0.1) is 5.82 Å². The minimum Gasteiger partial charge on any atom is -0.489 e. The van der Waals surface area contributed by atoms with Crippen LogP contribution in [0.5, 0.6) is 5.75 Å². The summed E-state index contributed by atoms with van der Waals surface area (Å²) in [4.78, 5) is 0. The van der Waals surface area contributed by atoms with Crippen LogP contribution in [0.25, 0.3) is 0 Å². The lowest BCUT2D eigenvalue weighted by molar-refractivity contribution is 0.251. The van der Waals surface area contributed by atoms with Gasteiger partial charge in [-0.2, -0.15) is 0 Å². The summed E-state index contributed by atoms with van der Waals surface area (Å²) in [5.74, 6) is -0.222. The molecule has 1 unspecified atom stereocenters. The molecule has 0 amide bonds. The molecule has 0 saturated heterocycles. The maximum Gasteiger partial charge on any atom is 0.183 e. The molecule has 1 aliphatic rings. The monoisotopic (exact) mass is 201 g/mol. The van der Waals surface area contributed by atoms with E-state index < -0.39 is 5.82 Å². The highest BCUT2D eigenvalue weighted by Crippen LogP contribution is 2.31. The molecule has 0 radical (unpaired) electrons. The van der Waals surface area contributed by atoms with Crippen molar-refractivity contribution in [3.05, 3.63) is 28.5 Å². The standard InChI is InChI=1S/C9H9ClFNO/c10-7-2-1-5-3-6(12)4-13-9(5)8(7)11/h1-2,6H,3-4,12H2. The van der Waals surface area contributed by atoms with Gasteiger partial charge >= 0.3 is 0 Å². The van der Waals surface area contributed by atoms with Gasteiger partial charge in [0.2, 0.25) is 0 Å². The number of hydrogen-bond acceptors (Lipinski definition) is 2. The van der Waals surface area contributed by atoms with Crippen molar-refractivity contribution in [3.8, 4) is 5.75 Å². The number of benzene rings is 1. The Bertz CT molecular complexity index is 343. The van der Waals surface area contributed by atoms with Crippen LogP contribution in [0.2, 0.25) is 5.02 Å². The quantitative estimate of drug-likeness (QED) is 0.694.